The van der Waals surface area contributed by atoms with E-state index in [0.717, 1.165) is 44.5 Å². The standard InChI is InChI=1S/C36H34O3/c1-22(2)26-9-16-31(33(19-26)24-5-12-29(37)13-6-24)28-11-18-36(39)35(21-28)32-17-10-27(23(3)4)20-34(32)25-7-14-30(38)15-8-25/h5-23,37-39H,1-4H3. The summed E-state index contributed by atoms with van der Waals surface area (Å²) >= 11 is 0. The molecule has 0 aliphatic heterocycles. The Morgan fingerprint density at radius 2 is 0.821 bits per heavy atom. The Morgan fingerprint density at radius 3 is 1.31 bits per heavy atom. The smallest absolute Gasteiger partial charge is 0.123 e. The summed E-state index contributed by atoms with van der Waals surface area (Å²) in [7, 11) is 0. The maximum atomic E-state index is 11.1. The lowest BCUT2D eigenvalue weighted by atomic mass is 9.86. The second-order valence-electron chi connectivity index (χ2n) is 10.7. The molecule has 0 aliphatic carbocycles. The van der Waals surface area contributed by atoms with Gasteiger partial charge in [-0.1, -0.05) is 94.4 Å². The molecular weight excluding hydrogens is 480 g/mol. The van der Waals surface area contributed by atoms with Crippen LogP contribution >= 0.6 is 0 Å². The molecule has 39 heavy (non-hydrogen) atoms. The largest absolute Gasteiger partial charge is 0.508 e. The molecular formula is C36H34O3. The van der Waals surface area contributed by atoms with E-state index in [1.54, 1.807) is 30.3 Å². The zero-order chi connectivity index (χ0) is 27.7. The van der Waals surface area contributed by atoms with Crippen LogP contribution in [-0.4, -0.2) is 15.3 Å². The van der Waals surface area contributed by atoms with Crippen molar-refractivity contribution < 1.29 is 15.3 Å². The van der Waals surface area contributed by atoms with Crippen LogP contribution in [0.2, 0.25) is 0 Å². The molecule has 0 unspecified atom stereocenters. The van der Waals surface area contributed by atoms with Gasteiger partial charge in [0.2, 0.25) is 0 Å². The van der Waals surface area contributed by atoms with Crippen LogP contribution in [0.25, 0.3) is 44.5 Å². The summed E-state index contributed by atoms with van der Waals surface area (Å²) in [6.07, 6.45) is 0. The summed E-state index contributed by atoms with van der Waals surface area (Å²) in [5.74, 6) is 1.39. The van der Waals surface area contributed by atoms with E-state index in [4.69, 9.17) is 0 Å². The lowest BCUT2D eigenvalue weighted by Crippen LogP contribution is -1.94. The number of rotatable bonds is 6. The van der Waals surface area contributed by atoms with Gasteiger partial charge in [0, 0.05) is 5.56 Å². The highest BCUT2D eigenvalue weighted by molar-refractivity contribution is 5.91. The van der Waals surface area contributed by atoms with Crippen LogP contribution in [0.15, 0.2) is 103 Å². The zero-order valence-electron chi connectivity index (χ0n) is 22.8. The van der Waals surface area contributed by atoms with E-state index < -0.39 is 0 Å². The fraction of sp³-hybridized carbons (Fsp3) is 0.167. The van der Waals surface area contributed by atoms with Crippen LogP contribution in [0, 0.1) is 0 Å². The third kappa shape index (κ3) is 5.39. The third-order valence-corrected chi connectivity index (χ3v) is 7.37. The van der Waals surface area contributed by atoms with Crippen molar-refractivity contribution in [2.45, 2.75) is 39.5 Å². The zero-order valence-corrected chi connectivity index (χ0v) is 22.8. The molecule has 0 aliphatic rings. The molecule has 3 nitrogen and oxygen atoms in total. The van der Waals surface area contributed by atoms with Gasteiger partial charge in [0.25, 0.3) is 0 Å². The van der Waals surface area contributed by atoms with Gasteiger partial charge < -0.3 is 15.3 Å². The van der Waals surface area contributed by atoms with Crippen molar-refractivity contribution in [2.75, 3.05) is 0 Å². The molecule has 5 aromatic rings. The molecule has 196 valence electrons. The van der Waals surface area contributed by atoms with Gasteiger partial charge in [-0.2, -0.15) is 0 Å². The maximum absolute atomic E-state index is 11.1. The Labute approximate surface area is 230 Å². The van der Waals surface area contributed by atoms with Gasteiger partial charge in [-0.05, 0) is 98.3 Å². The normalized spacial score (nSPS) is 11.3. The first-order valence-electron chi connectivity index (χ1n) is 13.4. The first kappa shape index (κ1) is 26.1. The molecule has 5 rings (SSSR count). The minimum Gasteiger partial charge on any atom is -0.508 e. The maximum Gasteiger partial charge on any atom is 0.123 e. The van der Waals surface area contributed by atoms with E-state index in [1.165, 1.54) is 11.1 Å². The highest BCUT2D eigenvalue weighted by Gasteiger charge is 2.17. The molecule has 0 aromatic heterocycles. The fourth-order valence-electron chi connectivity index (χ4n) is 5.01. The van der Waals surface area contributed by atoms with Gasteiger partial charge in [-0.3, -0.25) is 0 Å². The van der Waals surface area contributed by atoms with E-state index in [-0.39, 0.29) is 17.2 Å². The van der Waals surface area contributed by atoms with Gasteiger partial charge in [-0.25, -0.2) is 0 Å². The fourth-order valence-corrected chi connectivity index (χ4v) is 5.01. The van der Waals surface area contributed by atoms with Crippen molar-refractivity contribution >= 4 is 0 Å². The summed E-state index contributed by atoms with van der Waals surface area (Å²) in [5.41, 5.74) is 10.2. The first-order chi connectivity index (χ1) is 18.7. The number of aromatic hydroxyl groups is 3. The second-order valence-corrected chi connectivity index (χ2v) is 10.7. The molecule has 0 amide bonds. The monoisotopic (exact) mass is 514 g/mol. The van der Waals surface area contributed by atoms with Gasteiger partial charge in [0.05, 0.1) is 0 Å². The Morgan fingerprint density at radius 1 is 0.385 bits per heavy atom. The molecule has 3 N–H and O–H groups in total. The average molecular weight is 515 g/mol. The van der Waals surface area contributed by atoms with Crippen LogP contribution in [-0.2, 0) is 0 Å². The van der Waals surface area contributed by atoms with Gasteiger partial charge in [-0.15, -0.1) is 0 Å². The number of phenolic OH excluding ortho intramolecular Hbond substituents is 3. The lowest BCUT2D eigenvalue weighted by molar-refractivity contribution is 0.475. The molecule has 0 bridgehead atoms. The summed E-state index contributed by atoms with van der Waals surface area (Å²) in [6.45, 7) is 8.69. The summed E-state index contributed by atoms with van der Waals surface area (Å²) in [6, 6.07) is 33.2. The van der Waals surface area contributed by atoms with Crippen molar-refractivity contribution in [1.29, 1.82) is 0 Å². The van der Waals surface area contributed by atoms with Crippen molar-refractivity contribution in [3.05, 3.63) is 114 Å². The van der Waals surface area contributed by atoms with Crippen molar-refractivity contribution in [3.8, 4) is 61.8 Å². The quantitative estimate of drug-likeness (QED) is 0.211. The highest BCUT2D eigenvalue weighted by Crippen LogP contribution is 2.43. The molecule has 0 saturated carbocycles. The topological polar surface area (TPSA) is 60.7 Å². The molecule has 0 heterocycles. The Hall–Kier alpha value is -4.50. The second kappa shape index (κ2) is 10.7. The third-order valence-electron chi connectivity index (χ3n) is 7.37. The summed E-state index contributed by atoms with van der Waals surface area (Å²) < 4.78 is 0. The van der Waals surface area contributed by atoms with Crippen molar-refractivity contribution in [1.82, 2.24) is 0 Å². The van der Waals surface area contributed by atoms with Crippen LogP contribution < -0.4 is 0 Å². The minimum atomic E-state index is 0.209. The lowest BCUT2D eigenvalue weighted by Gasteiger charge is -2.18. The van der Waals surface area contributed by atoms with Gasteiger partial charge in [0.1, 0.15) is 17.2 Å². The predicted molar refractivity (Wildman–Crippen MR) is 161 cm³/mol. The molecule has 0 atom stereocenters. The van der Waals surface area contributed by atoms with Crippen molar-refractivity contribution in [3.63, 3.8) is 0 Å². The predicted octanol–water partition coefficient (Wildman–Crippen LogP) is 9.72. The van der Waals surface area contributed by atoms with E-state index in [1.807, 2.05) is 30.3 Å². The molecule has 0 saturated heterocycles. The Kier molecular flexibility index (Phi) is 7.17. The number of hydrogen-bond donors (Lipinski definition) is 3. The first-order valence-corrected chi connectivity index (χ1v) is 13.4. The van der Waals surface area contributed by atoms with Crippen LogP contribution in [0.5, 0.6) is 17.2 Å². The van der Waals surface area contributed by atoms with E-state index in [2.05, 4.69) is 70.2 Å². The Balaban J connectivity index is 1.70. The highest BCUT2D eigenvalue weighted by atomic mass is 16.3. The van der Waals surface area contributed by atoms with E-state index in [9.17, 15) is 15.3 Å². The summed E-state index contributed by atoms with van der Waals surface area (Å²) in [5, 5.41) is 30.8. The van der Waals surface area contributed by atoms with E-state index >= 15 is 0 Å². The van der Waals surface area contributed by atoms with E-state index in [0.29, 0.717) is 11.8 Å². The molecule has 0 radical (unpaired) electrons. The number of benzene rings is 5. The Bertz CT molecular complexity index is 1610. The SMILES string of the molecule is CC(C)c1ccc(-c2ccc(O)c(-c3ccc(C(C)C)cc3-c3ccc(O)cc3)c2)c(-c2ccc(O)cc2)c1. The number of hydrogen-bond acceptors (Lipinski definition) is 3. The number of phenols is 3. The van der Waals surface area contributed by atoms with Crippen LogP contribution in [0.4, 0.5) is 0 Å². The van der Waals surface area contributed by atoms with Gasteiger partial charge in [0.15, 0.2) is 0 Å². The molecule has 5 aromatic carbocycles. The molecule has 0 fully saturated rings. The van der Waals surface area contributed by atoms with Gasteiger partial charge >= 0.3 is 0 Å². The van der Waals surface area contributed by atoms with Crippen LogP contribution in [0.1, 0.15) is 50.7 Å². The van der Waals surface area contributed by atoms with Crippen LogP contribution in [0.3, 0.4) is 0 Å². The summed E-state index contributed by atoms with van der Waals surface area (Å²) in [4.78, 5) is 0. The minimum absolute atomic E-state index is 0.209. The molecule has 0 spiro atoms. The van der Waals surface area contributed by atoms with Crippen molar-refractivity contribution in [2.24, 2.45) is 0 Å². The average Bonchev–Trinajstić information content (AvgIpc) is 2.93. The molecule has 3 heteroatoms.